The molecule has 0 saturated carbocycles. The molecule has 2 amide bonds. The molecule has 0 fully saturated rings. The Balaban J connectivity index is 2.98. The van der Waals surface area contributed by atoms with E-state index in [0.717, 1.165) is 11.1 Å². The van der Waals surface area contributed by atoms with Crippen LogP contribution < -0.4 is 10.6 Å². The first-order chi connectivity index (χ1) is 9.47. The Bertz CT molecular complexity index is 459. The molecule has 1 aromatic carbocycles. The lowest BCUT2D eigenvalue weighted by molar-refractivity contribution is -0.116. The van der Waals surface area contributed by atoms with Gasteiger partial charge in [-0.3, -0.25) is 9.59 Å². The first-order valence-corrected chi connectivity index (χ1v) is 7.37. The number of rotatable bonds is 6. The smallest absolute Gasteiger partial charge is 0.225 e. The molecule has 0 aliphatic rings. The lowest BCUT2D eigenvalue weighted by Crippen LogP contribution is -2.17. The number of hydrogen-bond donors (Lipinski definition) is 2. The van der Waals surface area contributed by atoms with Gasteiger partial charge in [0.2, 0.25) is 11.8 Å². The summed E-state index contributed by atoms with van der Waals surface area (Å²) >= 11 is 11.1. The quantitative estimate of drug-likeness (QED) is 0.790. The van der Waals surface area contributed by atoms with Crippen LogP contribution in [0.4, 0.5) is 11.4 Å². The van der Waals surface area contributed by atoms with Gasteiger partial charge in [-0.1, -0.05) is 0 Å². The van der Waals surface area contributed by atoms with E-state index in [1.807, 2.05) is 26.0 Å². The molecule has 1 aromatic rings. The maximum absolute atomic E-state index is 11.6. The Morgan fingerprint density at radius 3 is 1.55 bits per heavy atom. The molecular formula is C14H18Cl2N2O2. The molecule has 0 aromatic heterocycles. The molecule has 0 radical (unpaired) electrons. The van der Waals surface area contributed by atoms with Crippen molar-refractivity contribution in [3.63, 3.8) is 0 Å². The van der Waals surface area contributed by atoms with Crippen LogP contribution in [0.5, 0.6) is 0 Å². The van der Waals surface area contributed by atoms with Crippen LogP contribution in [-0.4, -0.2) is 23.6 Å². The van der Waals surface area contributed by atoms with Gasteiger partial charge in [-0.25, -0.2) is 0 Å². The zero-order chi connectivity index (χ0) is 15.1. The van der Waals surface area contributed by atoms with Crippen LogP contribution in [-0.2, 0) is 9.59 Å². The molecule has 0 atom stereocenters. The monoisotopic (exact) mass is 316 g/mol. The summed E-state index contributed by atoms with van der Waals surface area (Å²) in [6.07, 6.45) is 0.451. The van der Waals surface area contributed by atoms with Gasteiger partial charge in [0.1, 0.15) is 0 Å². The van der Waals surface area contributed by atoms with Gasteiger partial charge in [0.15, 0.2) is 0 Å². The summed E-state index contributed by atoms with van der Waals surface area (Å²) in [6.45, 7) is 3.88. The lowest BCUT2D eigenvalue weighted by atomic mass is 10.1. The van der Waals surface area contributed by atoms with Crippen LogP contribution in [0.25, 0.3) is 0 Å². The number of amides is 2. The molecule has 20 heavy (non-hydrogen) atoms. The van der Waals surface area contributed by atoms with E-state index >= 15 is 0 Å². The third-order valence-corrected chi connectivity index (χ3v) is 3.20. The molecule has 0 spiro atoms. The van der Waals surface area contributed by atoms with Gasteiger partial charge in [0.25, 0.3) is 0 Å². The third-order valence-electron chi connectivity index (χ3n) is 2.83. The van der Waals surface area contributed by atoms with Crippen LogP contribution in [0.15, 0.2) is 12.1 Å². The van der Waals surface area contributed by atoms with Gasteiger partial charge >= 0.3 is 0 Å². The second kappa shape index (κ2) is 8.12. The SMILES string of the molecule is Cc1cc(NC(=O)CCCl)c(NC(=O)CCCl)cc1C. The number of carbonyl (C=O) groups excluding carboxylic acids is 2. The minimum atomic E-state index is -0.184. The Morgan fingerprint density at radius 1 is 0.900 bits per heavy atom. The minimum Gasteiger partial charge on any atom is -0.324 e. The summed E-state index contributed by atoms with van der Waals surface area (Å²) in [5.41, 5.74) is 3.21. The number of benzene rings is 1. The highest BCUT2D eigenvalue weighted by atomic mass is 35.5. The standard InChI is InChI=1S/C14H18Cl2N2O2/c1-9-7-11(17-13(19)3-5-15)12(8-10(9)2)18-14(20)4-6-16/h7-8H,3-6H2,1-2H3,(H,17,19)(H,18,20). The molecule has 0 bridgehead atoms. The van der Waals surface area contributed by atoms with E-state index in [4.69, 9.17) is 23.2 Å². The van der Waals surface area contributed by atoms with E-state index in [1.54, 1.807) is 0 Å². The molecule has 110 valence electrons. The largest absolute Gasteiger partial charge is 0.324 e. The number of halogens is 2. The summed E-state index contributed by atoms with van der Waals surface area (Å²) in [6, 6.07) is 3.66. The maximum atomic E-state index is 11.6. The van der Waals surface area contributed by atoms with E-state index in [1.165, 1.54) is 0 Å². The van der Waals surface area contributed by atoms with Crippen LogP contribution in [0.2, 0.25) is 0 Å². The van der Waals surface area contributed by atoms with Gasteiger partial charge < -0.3 is 10.6 Å². The lowest BCUT2D eigenvalue weighted by Gasteiger charge is -2.14. The van der Waals surface area contributed by atoms with E-state index in [2.05, 4.69) is 10.6 Å². The van der Waals surface area contributed by atoms with Crippen molar-refractivity contribution in [3.05, 3.63) is 23.3 Å². The topological polar surface area (TPSA) is 58.2 Å². The molecule has 0 unspecified atom stereocenters. The summed E-state index contributed by atoms with van der Waals surface area (Å²) in [5.74, 6) is 0.141. The molecule has 2 N–H and O–H groups in total. The molecule has 0 aliphatic carbocycles. The minimum absolute atomic E-state index is 0.184. The molecule has 0 heterocycles. The predicted molar refractivity (Wildman–Crippen MR) is 83.8 cm³/mol. The fourth-order valence-corrected chi connectivity index (χ4v) is 1.96. The van der Waals surface area contributed by atoms with Crippen LogP contribution in [0.1, 0.15) is 24.0 Å². The highest BCUT2D eigenvalue weighted by molar-refractivity contribution is 6.19. The number of carbonyl (C=O) groups is 2. The molecule has 0 saturated heterocycles. The molecule has 4 nitrogen and oxygen atoms in total. The first kappa shape index (κ1) is 16.8. The summed E-state index contributed by atoms with van der Waals surface area (Å²) in [4.78, 5) is 23.3. The van der Waals surface area contributed by atoms with Crippen LogP contribution >= 0.6 is 23.2 Å². The van der Waals surface area contributed by atoms with Crippen molar-refractivity contribution in [2.24, 2.45) is 0 Å². The average molecular weight is 317 g/mol. The number of anilines is 2. The van der Waals surface area contributed by atoms with Gasteiger partial charge in [-0.05, 0) is 37.1 Å². The normalized spacial score (nSPS) is 10.2. The fourth-order valence-electron chi connectivity index (χ4n) is 1.62. The Labute approximate surface area is 128 Å². The van der Waals surface area contributed by atoms with Crippen LogP contribution in [0.3, 0.4) is 0 Å². The van der Waals surface area contributed by atoms with Crippen molar-refractivity contribution in [1.29, 1.82) is 0 Å². The Morgan fingerprint density at radius 2 is 1.25 bits per heavy atom. The second-order valence-electron chi connectivity index (χ2n) is 4.46. The Kier molecular flexibility index (Phi) is 6.82. The van der Waals surface area contributed by atoms with Gasteiger partial charge in [0, 0.05) is 24.6 Å². The highest BCUT2D eigenvalue weighted by Gasteiger charge is 2.11. The van der Waals surface area contributed by atoms with Crippen molar-refractivity contribution in [1.82, 2.24) is 0 Å². The van der Waals surface area contributed by atoms with Crippen molar-refractivity contribution in [2.75, 3.05) is 22.4 Å². The van der Waals surface area contributed by atoms with Crippen molar-refractivity contribution in [2.45, 2.75) is 26.7 Å². The van der Waals surface area contributed by atoms with Gasteiger partial charge in [0.05, 0.1) is 11.4 Å². The summed E-state index contributed by atoms with van der Waals surface area (Å²) in [7, 11) is 0. The van der Waals surface area contributed by atoms with E-state index in [9.17, 15) is 9.59 Å². The van der Waals surface area contributed by atoms with Gasteiger partial charge in [-0.2, -0.15) is 0 Å². The molecule has 6 heteroatoms. The van der Waals surface area contributed by atoms with Crippen molar-refractivity contribution >= 4 is 46.4 Å². The first-order valence-electron chi connectivity index (χ1n) is 6.30. The predicted octanol–water partition coefficient (Wildman–Crippen LogP) is 3.44. The number of alkyl halides is 2. The molecule has 1 rings (SSSR count). The van der Waals surface area contributed by atoms with Crippen molar-refractivity contribution < 1.29 is 9.59 Å². The number of aryl methyl sites for hydroxylation is 2. The molecular weight excluding hydrogens is 299 g/mol. The number of hydrogen-bond acceptors (Lipinski definition) is 2. The highest BCUT2D eigenvalue weighted by Crippen LogP contribution is 2.26. The summed E-state index contributed by atoms with van der Waals surface area (Å²) in [5, 5.41) is 5.51. The van der Waals surface area contributed by atoms with Gasteiger partial charge in [-0.15, -0.1) is 23.2 Å². The second-order valence-corrected chi connectivity index (χ2v) is 5.21. The fraction of sp³-hybridized carbons (Fsp3) is 0.429. The average Bonchev–Trinajstić information content (AvgIpc) is 2.36. The zero-order valence-electron chi connectivity index (χ0n) is 11.6. The van der Waals surface area contributed by atoms with Crippen LogP contribution in [0, 0.1) is 13.8 Å². The van der Waals surface area contributed by atoms with E-state index < -0.39 is 0 Å². The van der Waals surface area contributed by atoms with E-state index in [-0.39, 0.29) is 36.4 Å². The zero-order valence-corrected chi connectivity index (χ0v) is 13.1. The maximum Gasteiger partial charge on any atom is 0.225 e. The number of nitrogens with one attached hydrogen (secondary N) is 2. The Hall–Kier alpha value is -1.26. The summed E-state index contributed by atoms with van der Waals surface area (Å²) < 4.78 is 0. The molecule has 0 aliphatic heterocycles. The third kappa shape index (κ3) is 5.02. The van der Waals surface area contributed by atoms with E-state index in [0.29, 0.717) is 11.4 Å². The van der Waals surface area contributed by atoms with Crippen molar-refractivity contribution in [3.8, 4) is 0 Å².